The van der Waals surface area contributed by atoms with Crippen molar-refractivity contribution in [1.82, 2.24) is 30.5 Å². The highest BCUT2D eigenvalue weighted by Gasteiger charge is 2.12. The fraction of sp³-hybridized carbons (Fsp3) is 0.188. The summed E-state index contributed by atoms with van der Waals surface area (Å²) >= 11 is 6.03. The number of ether oxygens (including phenoxy) is 1. The summed E-state index contributed by atoms with van der Waals surface area (Å²) in [6.07, 6.45) is 1.67. The van der Waals surface area contributed by atoms with E-state index in [0.29, 0.717) is 23.1 Å². The number of nitrogens with one attached hydrogen (secondary N) is 1. The van der Waals surface area contributed by atoms with Crippen molar-refractivity contribution in [2.75, 3.05) is 0 Å². The molecule has 0 spiro atoms. The Morgan fingerprint density at radius 2 is 2.04 bits per heavy atom. The molecule has 0 aliphatic heterocycles. The summed E-state index contributed by atoms with van der Waals surface area (Å²) in [4.78, 5) is 16.2. The average molecular weight is 359 g/mol. The molecule has 128 valence electrons. The number of hydrogen-bond donors (Lipinski definition) is 1. The van der Waals surface area contributed by atoms with Gasteiger partial charge in [0.25, 0.3) is 0 Å². The summed E-state index contributed by atoms with van der Waals surface area (Å²) in [5, 5.41) is 14.5. The van der Waals surface area contributed by atoms with E-state index in [-0.39, 0.29) is 19.1 Å². The lowest BCUT2D eigenvalue weighted by molar-refractivity contribution is -0.122. The van der Waals surface area contributed by atoms with Crippen molar-refractivity contribution in [2.24, 2.45) is 0 Å². The molecule has 9 heteroatoms. The van der Waals surface area contributed by atoms with Crippen LogP contribution in [0.2, 0.25) is 5.02 Å². The fourth-order valence-electron chi connectivity index (χ4n) is 2.04. The molecule has 25 heavy (non-hydrogen) atoms. The number of para-hydroxylation sites is 1. The average Bonchev–Trinajstić information content (AvgIpc) is 3.07. The molecule has 0 aliphatic rings. The lowest BCUT2D eigenvalue weighted by Gasteiger charge is -2.08. The molecule has 0 fully saturated rings. The highest BCUT2D eigenvalue weighted by Crippen LogP contribution is 2.23. The van der Waals surface area contributed by atoms with Gasteiger partial charge in [0.2, 0.25) is 5.91 Å². The van der Waals surface area contributed by atoms with Crippen LogP contribution in [-0.4, -0.2) is 31.1 Å². The fourth-order valence-corrected chi connectivity index (χ4v) is 2.23. The van der Waals surface area contributed by atoms with Crippen LogP contribution in [0.5, 0.6) is 5.75 Å². The number of carbonyl (C=O) groups excluding carboxylic acids is 1. The van der Waals surface area contributed by atoms with Gasteiger partial charge in [-0.15, -0.1) is 5.10 Å². The molecule has 0 saturated carbocycles. The van der Waals surface area contributed by atoms with Gasteiger partial charge in [-0.2, -0.15) is 0 Å². The Labute approximate surface area is 148 Å². The van der Waals surface area contributed by atoms with Crippen LogP contribution < -0.4 is 10.1 Å². The maximum Gasteiger partial charge on any atom is 0.242 e. The summed E-state index contributed by atoms with van der Waals surface area (Å²) in [6, 6.07) is 12.6. The molecule has 0 radical (unpaired) electrons. The minimum atomic E-state index is -0.225. The monoisotopic (exact) mass is 358 g/mol. The summed E-state index contributed by atoms with van der Waals surface area (Å²) in [5.74, 6) is 0.725. The molecule has 2 heterocycles. The van der Waals surface area contributed by atoms with E-state index in [0.717, 1.165) is 5.69 Å². The van der Waals surface area contributed by atoms with E-state index >= 15 is 0 Å². The van der Waals surface area contributed by atoms with Crippen molar-refractivity contribution >= 4 is 17.5 Å². The summed E-state index contributed by atoms with van der Waals surface area (Å²) in [7, 11) is 0. The van der Waals surface area contributed by atoms with Gasteiger partial charge >= 0.3 is 0 Å². The van der Waals surface area contributed by atoms with E-state index in [9.17, 15) is 4.79 Å². The number of carbonyl (C=O) groups is 1. The normalized spacial score (nSPS) is 10.4. The zero-order chi connectivity index (χ0) is 17.5. The number of halogens is 1. The summed E-state index contributed by atoms with van der Waals surface area (Å²) in [6.45, 7) is 0.429. The van der Waals surface area contributed by atoms with Crippen molar-refractivity contribution in [3.05, 3.63) is 65.2 Å². The van der Waals surface area contributed by atoms with E-state index < -0.39 is 0 Å². The van der Waals surface area contributed by atoms with E-state index in [1.807, 2.05) is 30.3 Å². The van der Waals surface area contributed by atoms with E-state index in [1.165, 1.54) is 4.68 Å². The van der Waals surface area contributed by atoms with Crippen molar-refractivity contribution in [3.8, 4) is 5.75 Å². The van der Waals surface area contributed by atoms with Gasteiger partial charge in [-0.3, -0.25) is 9.78 Å². The highest BCUT2D eigenvalue weighted by molar-refractivity contribution is 6.32. The smallest absolute Gasteiger partial charge is 0.242 e. The minimum absolute atomic E-state index is 0.0128. The van der Waals surface area contributed by atoms with Crippen LogP contribution in [-0.2, 0) is 24.5 Å². The molecule has 0 unspecified atom stereocenters. The quantitative estimate of drug-likeness (QED) is 0.689. The standard InChI is InChI=1S/C16H15ClN6O2/c17-13-6-1-2-7-14(13)25-11-15-20-21-22-23(15)10-16(24)19-9-12-5-3-4-8-18-12/h1-8H,9-11H2,(H,19,24). The molecule has 1 aromatic carbocycles. The van der Waals surface area contributed by atoms with Crippen LogP contribution in [0.3, 0.4) is 0 Å². The van der Waals surface area contributed by atoms with Crippen LogP contribution in [0, 0.1) is 0 Å². The number of hydrogen-bond acceptors (Lipinski definition) is 6. The van der Waals surface area contributed by atoms with Crippen LogP contribution in [0.4, 0.5) is 0 Å². The van der Waals surface area contributed by atoms with Crippen LogP contribution in [0.25, 0.3) is 0 Å². The zero-order valence-corrected chi connectivity index (χ0v) is 13.9. The topological polar surface area (TPSA) is 94.8 Å². The second-order valence-electron chi connectivity index (χ2n) is 5.07. The Kier molecular flexibility index (Phi) is 5.53. The van der Waals surface area contributed by atoms with Gasteiger partial charge in [-0.25, -0.2) is 4.68 Å². The van der Waals surface area contributed by atoms with Crippen molar-refractivity contribution in [3.63, 3.8) is 0 Å². The molecular formula is C16H15ClN6O2. The minimum Gasteiger partial charge on any atom is -0.484 e. The zero-order valence-electron chi connectivity index (χ0n) is 13.2. The first-order chi connectivity index (χ1) is 12.2. The second kappa shape index (κ2) is 8.20. The van der Waals surface area contributed by atoms with Gasteiger partial charge in [0, 0.05) is 6.20 Å². The van der Waals surface area contributed by atoms with Gasteiger partial charge in [-0.1, -0.05) is 29.8 Å². The molecular weight excluding hydrogens is 344 g/mol. The van der Waals surface area contributed by atoms with Gasteiger partial charge in [-0.05, 0) is 34.7 Å². The van der Waals surface area contributed by atoms with E-state index in [2.05, 4.69) is 25.8 Å². The number of pyridine rings is 1. The predicted octanol–water partition coefficient (Wildman–Crippen LogP) is 1.62. The summed E-state index contributed by atoms with van der Waals surface area (Å²) < 4.78 is 6.98. The van der Waals surface area contributed by atoms with Gasteiger partial charge in [0.05, 0.1) is 17.3 Å². The third-order valence-corrected chi connectivity index (χ3v) is 3.60. The number of tetrazole rings is 1. The Bertz CT molecular complexity index is 839. The third-order valence-electron chi connectivity index (χ3n) is 3.29. The lowest BCUT2D eigenvalue weighted by Crippen LogP contribution is -2.28. The number of benzene rings is 1. The summed E-state index contributed by atoms with van der Waals surface area (Å²) in [5.41, 5.74) is 0.773. The molecule has 3 rings (SSSR count). The van der Waals surface area contributed by atoms with Gasteiger partial charge < -0.3 is 10.1 Å². The van der Waals surface area contributed by atoms with Gasteiger partial charge in [0.15, 0.2) is 5.82 Å². The lowest BCUT2D eigenvalue weighted by atomic mass is 10.3. The first kappa shape index (κ1) is 16.8. The van der Waals surface area contributed by atoms with E-state index in [4.69, 9.17) is 16.3 Å². The van der Waals surface area contributed by atoms with Gasteiger partial charge in [0.1, 0.15) is 18.9 Å². The Hall–Kier alpha value is -3.00. The number of aromatic nitrogens is 5. The molecule has 0 bridgehead atoms. The predicted molar refractivity (Wildman–Crippen MR) is 89.7 cm³/mol. The van der Waals surface area contributed by atoms with Crippen LogP contribution in [0.1, 0.15) is 11.5 Å². The maximum atomic E-state index is 12.0. The number of nitrogens with zero attached hydrogens (tertiary/aromatic N) is 5. The largest absolute Gasteiger partial charge is 0.484 e. The van der Waals surface area contributed by atoms with Crippen molar-refractivity contribution in [1.29, 1.82) is 0 Å². The van der Waals surface area contributed by atoms with Crippen molar-refractivity contribution in [2.45, 2.75) is 19.7 Å². The number of amides is 1. The SMILES string of the molecule is O=C(Cn1nnnc1COc1ccccc1Cl)NCc1ccccn1. The van der Waals surface area contributed by atoms with Crippen LogP contribution >= 0.6 is 11.6 Å². The first-order valence-corrected chi connectivity index (χ1v) is 7.89. The van der Waals surface area contributed by atoms with Crippen molar-refractivity contribution < 1.29 is 9.53 Å². The van der Waals surface area contributed by atoms with E-state index in [1.54, 1.807) is 18.3 Å². The third kappa shape index (κ3) is 4.74. The molecule has 1 amide bonds. The Balaban J connectivity index is 1.54. The molecule has 0 atom stereocenters. The molecule has 0 aliphatic carbocycles. The van der Waals surface area contributed by atoms with Crippen LogP contribution in [0.15, 0.2) is 48.7 Å². The molecule has 8 nitrogen and oxygen atoms in total. The number of rotatable bonds is 7. The Morgan fingerprint density at radius 3 is 2.84 bits per heavy atom. The highest BCUT2D eigenvalue weighted by atomic mass is 35.5. The molecule has 3 aromatic rings. The molecule has 0 saturated heterocycles. The first-order valence-electron chi connectivity index (χ1n) is 7.51. The Morgan fingerprint density at radius 1 is 1.20 bits per heavy atom. The second-order valence-corrected chi connectivity index (χ2v) is 5.48. The molecule has 2 aromatic heterocycles. The molecule has 1 N–H and O–H groups in total. The maximum absolute atomic E-state index is 12.0.